The Hall–Kier alpha value is -2.34. The molecular weight excluding hydrogens is 326 g/mol. The van der Waals surface area contributed by atoms with Crippen LogP contribution in [0.5, 0.6) is 0 Å². The fourth-order valence-electron chi connectivity index (χ4n) is 3.41. The average molecular weight is 355 g/mol. The molecule has 0 spiro atoms. The van der Waals surface area contributed by atoms with Crippen molar-refractivity contribution >= 4 is 5.96 Å². The molecule has 0 bridgehead atoms. The van der Waals surface area contributed by atoms with E-state index >= 15 is 0 Å². The Morgan fingerprint density at radius 2 is 2.12 bits per heavy atom. The molecule has 0 aromatic carbocycles. The van der Waals surface area contributed by atoms with Crippen molar-refractivity contribution in [2.24, 2.45) is 4.99 Å². The number of furan rings is 1. The summed E-state index contributed by atoms with van der Waals surface area (Å²) >= 11 is 0. The SMILES string of the molecule is CN=C(NCCc1cccnc1)NCC(c1ccco1)N1CCCCC1. The first kappa shape index (κ1) is 18.5. The molecule has 1 aliphatic heterocycles. The predicted octanol–water partition coefficient (Wildman–Crippen LogP) is 2.61. The van der Waals surface area contributed by atoms with E-state index < -0.39 is 0 Å². The third kappa shape index (κ3) is 5.33. The number of hydrogen-bond acceptors (Lipinski definition) is 4. The lowest BCUT2D eigenvalue weighted by atomic mass is 10.1. The summed E-state index contributed by atoms with van der Waals surface area (Å²) in [5.41, 5.74) is 1.22. The lowest BCUT2D eigenvalue weighted by Gasteiger charge is -2.33. The minimum Gasteiger partial charge on any atom is -0.468 e. The van der Waals surface area contributed by atoms with Crippen LogP contribution in [0.4, 0.5) is 0 Å². The number of nitrogens with one attached hydrogen (secondary N) is 2. The minimum absolute atomic E-state index is 0.238. The molecule has 0 amide bonds. The quantitative estimate of drug-likeness (QED) is 0.590. The van der Waals surface area contributed by atoms with Crippen LogP contribution in [-0.4, -0.2) is 49.1 Å². The molecule has 2 aromatic heterocycles. The molecule has 3 rings (SSSR count). The van der Waals surface area contributed by atoms with E-state index in [-0.39, 0.29) is 6.04 Å². The van der Waals surface area contributed by atoms with E-state index in [0.29, 0.717) is 0 Å². The van der Waals surface area contributed by atoms with Crippen molar-refractivity contribution < 1.29 is 4.42 Å². The fourth-order valence-corrected chi connectivity index (χ4v) is 3.41. The van der Waals surface area contributed by atoms with E-state index in [2.05, 4.69) is 37.6 Å². The first-order chi connectivity index (χ1) is 12.9. The zero-order valence-corrected chi connectivity index (χ0v) is 15.5. The molecular formula is C20H29N5O. The van der Waals surface area contributed by atoms with Gasteiger partial charge in [-0.1, -0.05) is 12.5 Å². The van der Waals surface area contributed by atoms with Gasteiger partial charge in [0.2, 0.25) is 0 Å². The normalized spacial score (nSPS) is 17.0. The maximum absolute atomic E-state index is 5.70. The molecule has 26 heavy (non-hydrogen) atoms. The molecule has 1 aliphatic rings. The van der Waals surface area contributed by atoms with Crippen LogP contribution in [0.1, 0.15) is 36.6 Å². The topological polar surface area (TPSA) is 65.7 Å². The summed E-state index contributed by atoms with van der Waals surface area (Å²) in [4.78, 5) is 11.0. The number of aliphatic imine (C=N–C) groups is 1. The summed E-state index contributed by atoms with van der Waals surface area (Å²) in [5, 5.41) is 6.85. The highest BCUT2D eigenvalue weighted by Crippen LogP contribution is 2.24. The highest BCUT2D eigenvalue weighted by Gasteiger charge is 2.24. The molecule has 0 radical (unpaired) electrons. The van der Waals surface area contributed by atoms with Gasteiger partial charge in [-0.15, -0.1) is 0 Å². The Bertz CT molecular complexity index is 650. The van der Waals surface area contributed by atoms with Crippen LogP contribution in [0, 0.1) is 0 Å². The summed E-state index contributed by atoms with van der Waals surface area (Å²) < 4.78 is 5.70. The van der Waals surface area contributed by atoms with Gasteiger partial charge in [0.05, 0.1) is 12.3 Å². The molecule has 2 N–H and O–H groups in total. The number of piperidine rings is 1. The van der Waals surface area contributed by atoms with Crippen LogP contribution in [0.15, 0.2) is 52.3 Å². The van der Waals surface area contributed by atoms with Crippen LogP contribution in [0.2, 0.25) is 0 Å². The van der Waals surface area contributed by atoms with Gasteiger partial charge in [-0.3, -0.25) is 14.9 Å². The Labute approximate surface area is 155 Å². The van der Waals surface area contributed by atoms with E-state index in [4.69, 9.17) is 4.42 Å². The van der Waals surface area contributed by atoms with Gasteiger partial charge in [0, 0.05) is 32.5 Å². The third-order valence-electron chi connectivity index (χ3n) is 4.82. The summed E-state index contributed by atoms with van der Waals surface area (Å²) in [6.45, 7) is 3.85. The Balaban J connectivity index is 1.51. The predicted molar refractivity (Wildman–Crippen MR) is 104 cm³/mol. The van der Waals surface area contributed by atoms with Crippen molar-refractivity contribution in [3.8, 4) is 0 Å². The standard InChI is InChI=1S/C20H29N5O/c1-21-20(23-11-9-17-7-5-10-22-15-17)24-16-18(19-8-6-14-26-19)25-12-3-2-4-13-25/h5-8,10,14-15,18H,2-4,9,11-13,16H2,1H3,(H2,21,23,24). The Morgan fingerprint density at radius 3 is 2.81 bits per heavy atom. The second kappa shape index (κ2) is 9.97. The fraction of sp³-hybridized carbons (Fsp3) is 0.500. The molecule has 3 heterocycles. The van der Waals surface area contributed by atoms with Crippen LogP contribution < -0.4 is 10.6 Å². The maximum Gasteiger partial charge on any atom is 0.191 e. The molecule has 1 fully saturated rings. The van der Waals surface area contributed by atoms with Crippen LogP contribution in [0.3, 0.4) is 0 Å². The maximum atomic E-state index is 5.70. The number of hydrogen-bond donors (Lipinski definition) is 2. The van der Waals surface area contributed by atoms with E-state index in [1.807, 2.05) is 25.4 Å². The zero-order valence-electron chi connectivity index (χ0n) is 15.5. The first-order valence-corrected chi connectivity index (χ1v) is 9.47. The molecule has 1 saturated heterocycles. The largest absolute Gasteiger partial charge is 0.468 e. The number of guanidine groups is 1. The second-order valence-corrected chi connectivity index (χ2v) is 6.62. The van der Waals surface area contributed by atoms with Gasteiger partial charge in [0.15, 0.2) is 5.96 Å². The van der Waals surface area contributed by atoms with E-state index in [1.165, 1.54) is 24.8 Å². The van der Waals surface area contributed by atoms with Gasteiger partial charge in [-0.2, -0.15) is 0 Å². The number of likely N-dealkylation sites (tertiary alicyclic amines) is 1. The monoisotopic (exact) mass is 355 g/mol. The molecule has 140 valence electrons. The summed E-state index contributed by atoms with van der Waals surface area (Å²) in [5.74, 6) is 1.84. The average Bonchev–Trinajstić information content (AvgIpc) is 3.23. The van der Waals surface area contributed by atoms with Crippen molar-refractivity contribution in [1.29, 1.82) is 0 Å². The minimum atomic E-state index is 0.238. The molecule has 6 heteroatoms. The van der Waals surface area contributed by atoms with E-state index in [9.17, 15) is 0 Å². The number of aromatic nitrogens is 1. The lowest BCUT2D eigenvalue weighted by Crippen LogP contribution is -2.44. The van der Waals surface area contributed by atoms with E-state index in [1.54, 1.807) is 12.5 Å². The van der Waals surface area contributed by atoms with Crippen molar-refractivity contribution in [1.82, 2.24) is 20.5 Å². The highest BCUT2D eigenvalue weighted by atomic mass is 16.3. The summed E-state index contributed by atoms with van der Waals surface area (Å²) in [6.07, 6.45) is 10.2. The van der Waals surface area contributed by atoms with Crippen molar-refractivity contribution in [3.63, 3.8) is 0 Å². The van der Waals surface area contributed by atoms with Gasteiger partial charge >= 0.3 is 0 Å². The van der Waals surface area contributed by atoms with Crippen molar-refractivity contribution in [2.45, 2.75) is 31.7 Å². The lowest BCUT2D eigenvalue weighted by molar-refractivity contribution is 0.146. The number of rotatable bonds is 7. The van der Waals surface area contributed by atoms with Gasteiger partial charge in [0.1, 0.15) is 5.76 Å². The smallest absolute Gasteiger partial charge is 0.191 e. The van der Waals surface area contributed by atoms with Crippen LogP contribution >= 0.6 is 0 Å². The van der Waals surface area contributed by atoms with Crippen molar-refractivity contribution in [2.75, 3.05) is 33.2 Å². The van der Waals surface area contributed by atoms with Gasteiger partial charge in [-0.05, 0) is 56.1 Å². The molecule has 6 nitrogen and oxygen atoms in total. The molecule has 0 saturated carbocycles. The molecule has 0 aliphatic carbocycles. The van der Waals surface area contributed by atoms with Crippen LogP contribution in [0.25, 0.3) is 0 Å². The first-order valence-electron chi connectivity index (χ1n) is 9.47. The van der Waals surface area contributed by atoms with Gasteiger partial charge < -0.3 is 15.1 Å². The van der Waals surface area contributed by atoms with Crippen LogP contribution in [-0.2, 0) is 6.42 Å². The number of pyridine rings is 1. The molecule has 2 aromatic rings. The second-order valence-electron chi connectivity index (χ2n) is 6.62. The van der Waals surface area contributed by atoms with Gasteiger partial charge in [0.25, 0.3) is 0 Å². The van der Waals surface area contributed by atoms with E-state index in [0.717, 1.165) is 44.3 Å². The van der Waals surface area contributed by atoms with Crippen molar-refractivity contribution in [3.05, 3.63) is 54.2 Å². The Morgan fingerprint density at radius 1 is 1.23 bits per heavy atom. The molecule has 1 atom stereocenters. The zero-order chi connectivity index (χ0) is 18.0. The summed E-state index contributed by atoms with van der Waals surface area (Å²) in [6, 6.07) is 8.33. The highest BCUT2D eigenvalue weighted by molar-refractivity contribution is 5.79. The third-order valence-corrected chi connectivity index (χ3v) is 4.82. The summed E-state index contributed by atoms with van der Waals surface area (Å²) in [7, 11) is 1.81. The molecule has 1 unspecified atom stereocenters. The Kier molecular flexibility index (Phi) is 7.07. The van der Waals surface area contributed by atoms with Gasteiger partial charge in [-0.25, -0.2) is 0 Å². The number of nitrogens with zero attached hydrogens (tertiary/aromatic N) is 3.